The maximum Gasteiger partial charge on any atom is 0.256 e. The molecule has 0 spiro atoms. The van der Waals surface area contributed by atoms with Gasteiger partial charge in [0.2, 0.25) is 0 Å². The van der Waals surface area contributed by atoms with Crippen LogP contribution in [-0.2, 0) is 6.54 Å². The molecule has 2 N–H and O–H groups in total. The summed E-state index contributed by atoms with van der Waals surface area (Å²) < 4.78 is 7.11. The molecule has 3 aromatic rings. The third-order valence-electron chi connectivity index (χ3n) is 3.91. The minimum absolute atomic E-state index is 0.101. The van der Waals surface area contributed by atoms with E-state index < -0.39 is 6.10 Å². The first-order chi connectivity index (χ1) is 11.1. The molecular weight excluding hydrogens is 294 g/mol. The van der Waals surface area contributed by atoms with Crippen LogP contribution >= 0.6 is 0 Å². The molecule has 6 nitrogen and oxygen atoms in total. The predicted molar refractivity (Wildman–Crippen MR) is 87.8 cm³/mol. The molecule has 0 saturated heterocycles. The highest BCUT2D eigenvalue weighted by Crippen LogP contribution is 2.24. The smallest absolute Gasteiger partial charge is 0.256 e. The van der Waals surface area contributed by atoms with Crippen LogP contribution in [0.4, 0.5) is 0 Å². The van der Waals surface area contributed by atoms with Gasteiger partial charge in [0.1, 0.15) is 18.5 Å². The van der Waals surface area contributed by atoms with E-state index in [0.29, 0.717) is 17.0 Å². The number of rotatable bonds is 5. The second kappa shape index (κ2) is 6.26. The summed E-state index contributed by atoms with van der Waals surface area (Å²) in [5.74, 6) is 0.702. The van der Waals surface area contributed by atoms with E-state index in [9.17, 15) is 9.90 Å². The highest BCUT2D eigenvalue weighted by molar-refractivity contribution is 5.85. The number of aryl methyl sites for hydroxylation is 1. The molecule has 0 aliphatic carbocycles. The number of ether oxygens (including phenoxy) is 1. The fraction of sp³-hybridized carbons (Fsp3) is 0.294. The zero-order chi connectivity index (χ0) is 16.4. The van der Waals surface area contributed by atoms with Gasteiger partial charge in [0, 0.05) is 28.4 Å². The number of nitrogens with one attached hydrogen (secondary N) is 1. The Morgan fingerprint density at radius 2 is 2.17 bits per heavy atom. The lowest BCUT2D eigenvalue weighted by Gasteiger charge is -2.15. The third-order valence-corrected chi connectivity index (χ3v) is 3.91. The third kappa shape index (κ3) is 3.12. The SMILES string of the molecule is Cc1ncn(CC(O)COc2cccc3[nH]ccc23)c(=O)c1C. The van der Waals surface area contributed by atoms with Gasteiger partial charge in [0.15, 0.2) is 0 Å². The first kappa shape index (κ1) is 15.3. The topological polar surface area (TPSA) is 80.1 Å². The van der Waals surface area contributed by atoms with Crippen LogP contribution in [-0.4, -0.2) is 32.4 Å². The van der Waals surface area contributed by atoms with Crippen molar-refractivity contribution in [1.29, 1.82) is 0 Å². The summed E-state index contributed by atoms with van der Waals surface area (Å²) >= 11 is 0. The summed E-state index contributed by atoms with van der Waals surface area (Å²) in [5, 5.41) is 11.1. The molecule has 0 radical (unpaired) electrons. The highest BCUT2D eigenvalue weighted by atomic mass is 16.5. The maximum absolute atomic E-state index is 12.1. The maximum atomic E-state index is 12.1. The first-order valence-electron chi connectivity index (χ1n) is 7.46. The van der Waals surface area contributed by atoms with Gasteiger partial charge in [0.25, 0.3) is 5.56 Å². The number of benzene rings is 1. The van der Waals surface area contributed by atoms with Crippen molar-refractivity contribution in [2.75, 3.05) is 6.61 Å². The monoisotopic (exact) mass is 313 g/mol. The lowest BCUT2D eigenvalue weighted by Crippen LogP contribution is -2.31. The number of aliphatic hydroxyl groups excluding tert-OH is 1. The normalized spacial score (nSPS) is 12.5. The standard InChI is InChI=1S/C17H19N3O3/c1-11-12(2)19-10-20(17(11)22)8-13(21)9-23-16-5-3-4-15-14(16)6-7-18-15/h3-7,10,13,18,21H,8-9H2,1-2H3. The number of aromatic nitrogens is 3. The molecule has 1 atom stereocenters. The largest absolute Gasteiger partial charge is 0.490 e. The van der Waals surface area contributed by atoms with Crippen LogP contribution < -0.4 is 10.3 Å². The number of fused-ring (bicyclic) bond motifs is 1. The second-order valence-corrected chi connectivity index (χ2v) is 5.57. The lowest BCUT2D eigenvalue weighted by atomic mass is 10.2. The summed E-state index contributed by atoms with van der Waals surface area (Å²) in [4.78, 5) is 19.4. The number of aromatic amines is 1. The Hall–Kier alpha value is -2.60. The Labute approximate surface area is 133 Å². The first-order valence-corrected chi connectivity index (χ1v) is 7.46. The fourth-order valence-electron chi connectivity index (χ4n) is 2.45. The summed E-state index contributed by atoms with van der Waals surface area (Å²) in [6, 6.07) is 7.62. The Bertz CT molecular complexity index is 882. The van der Waals surface area contributed by atoms with Crippen LogP contribution in [0.2, 0.25) is 0 Å². The Balaban J connectivity index is 1.68. The van der Waals surface area contributed by atoms with Gasteiger partial charge in [-0.15, -0.1) is 0 Å². The van der Waals surface area contributed by atoms with Crippen molar-refractivity contribution < 1.29 is 9.84 Å². The molecule has 0 fully saturated rings. The number of aliphatic hydroxyl groups is 1. The molecule has 0 bridgehead atoms. The molecule has 2 aromatic heterocycles. The average Bonchev–Trinajstić information content (AvgIpc) is 3.02. The summed E-state index contributed by atoms with van der Waals surface area (Å²) in [7, 11) is 0. The van der Waals surface area contributed by atoms with E-state index in [1.165, 1.54) is 10.9 Å². The van der Waals surface area contributed by atoms with Gasteiger partial charge in [-0.2, -0.15) is 0 Å². The molecule has 0 amide bonds. The van der Waals surface area contributed by atoms with Gasteiger partial charge in [-0.25, -0.2) is 4.98 Å². The van der Waals surface area contributed by atoms with Gasteiger partial charge in [-0.05, 0) is 32.0 Å². The fourth-order valence-corrected chi connectivity index (χ4v) is 2.45. The lowest BCUT2D eigenvalue weighted by molar-refractivity contribution is 0.0919. The molecule has 1 unspecified atom stereocenters. The van der Waals surface area contributed by atoms with Crippen molar-refractivity contribution in [2.45, 2.75) is 26.5 Å². The minimum Gasteiger partial charge on any atom is -0.490 e. The Kier molecular flexibility index (Phi) is 4.16. The predicted octanol–water partition coefficient (Wildman–Crippen LogP) is 1.78. The molecule has 3 rings (SSSR count). The molecule has 1 aromatic carbocycles. The van der Waals surface area contributed by atoms with Gasteiger partial charge in [-0.1, -0.05) is 6.07 Å². The summed E-state index contributed by atoms with van der Waals surface area (Å²) in [6.45, 7) is 3.77. The zero-order valence-electron chi connectivity index (χ0n) is 13.1. The van der Waals surface area contributed by atoms with Crippen molar-refractivity contribution in [3.8, 4) is 5.75 Å². The van der Waals surface area contributed by atoms with E-state index in [-0.39, 0.29) is 18.7 Å². The Morgan fingerprint density at radius 1 is 1.35 bits per heavy atom. The summed E-state index contributed by atoms with van der Waals surface area (Å²) in [5.41, 5.74) is 2.14. The van der Waals surface area contributed by atoms with E-state index in [0.717, 1.165) is 10.9 Å². The van der Waals surface area contributed by atoms with Crippen LogP contribution in [0.5, 0.6) is 5.75 Å². The van der Waals surface area contributed by atoms with Crippen molar-refractivity contribution in [1.82, 2.24) is 14.5 Å². The van der Waals surface area contributed by atoms with Gasteiger partial charge in [-0.3, -0.25) is 9.36 Å². The van der Waals surface area contributed by atoms with E-state index >= 15 is 0 Å². The van der Waals surface area contributed by atoms with Crippen LogP contribution in [0.3, 0.4) is 0 Å². The van der Waals surface area contributed by atoms with Crippen molar-refractivity contribution in [3.63, 3.8) is 0 Å². The van der Waals surface area contributed by atoms with Crippen LogP contribution in [0.25, 0.3) is 10.9 Å². The van der Waals surface area contributed by atoms with Gasteiger partial charge in [0.05, 0.1) is 12.9 Å². The van der Waals surface area contributed by atoms with Crippen LogP contribution in [0.1, 0.15) is 11.3 Å². The number of hydrogen-bond acceptors (Lipinski definition) is 4. The number of nitrogens with zero attached hydrogens (tertiary/aromatic N) is 2. The van der Waals surface area contributed by atoms with Crippen molar-refractivity contribution in [2.24, 2.45) is 0 Å². The van der Waals surface area contributed by atoms with E-state index in [4.69, 9.17) is 4.74 Å². The van der Waals surface area contributed by atoms with E-state index in [2.05, 4.69) is 9.97 Å². The van der Waals surface area contributed by atoms with E-state index in [1.807, 2.05) is 30.5 Å². The van der Waals surface area contributed by atoms with Gasteiger partial charge >= 0.3 is 0 Å². The number of H-pyrrole nitrogens is 1. The quantitative estimate of drug-likeness (QED) is 0.752. The number of hydrogen-bond donors (Lipinski definition) is 2. The average molecular weight is 313 g/mol. The van der Waals surface area contributed by atoms with Crippen LogP contribution in [0, 0.1) is 13.8 Å². The molecule has 23 heavy (non-hydrogen) atoms. The minimum atomic E-state index is -0.800. The summed E-state index contributed by atoms with van der Waals surface area (Å²) in [6.07, 6.45) is 2.50. The molecule has 6 heteroatoms. The van der Waals surface area contributed by atoms with Crippen molar-refractivity contribution in [3.05, 3.63) is 58.4 Å². The molecule has 0 saturated carbocycles. The van der Waals surface area contributed by atoms with Gasteiger partial charge < -0.3 is 14.8 Å². The zero-order valence-corrected chi connectivity index (χ0v) is 13.1. The molecular formula is C17H19N3O3. The highest BCUT2D eigenvalue weighted by Gasteiger charge is 2.11. The molecule has 0 aliphatic rings. The molecule has 2 heterocycles. The van der Waals surface area contributed by atoms with Crippen molar-refractivity contribution >= 4 is 10.9 Å². The second-order valence-electron chi connectivity index (χ2n) is 5.57. The van der Waals surface area contributed by atoms with Crippen LogP contribution in [0.15, 0.2) is 41.6 Å². The molecule has 0 aliphatic heterocycles. The van der Waals surface area contributed by atoms with E-state index in [1.54, 1.807) is 13.8 Å². The Morgan fingerprint density at radius 3 is 3.00 bits per heavy atom. The molecule has 120 valence electrons.